The second-order valence-corrected chi connectivity index (χ2v) is 8.34. The van der Waals surface area contributed by atoms with Gasteiger partial charge in [0.1, 0.15) is 0 Å². The lowest BCUT2D eigenvalue weighted by Crippen LogP contribution is -2.53. The Balaban J connectivity index is 2.35. The largest absolute Gasteiger partial charge is 0.311 e. The Bertz CT molecular complexity index is 272. The minimum Gasteiger partial charge on any atom is -0.311 e. The van der Waals surface area contributed by atoms with Crippen molar-refractivity contribution in [2.45, 2.75) is 66.5 Å². The molecule has 1 heterocycles. The Morgan fingerprint density at radius 1 is 1.00 bits per heavy atom. The quantitative estimate of drug-likeness (QED) is 0.809. The Kier molecular flexibility index (Phi) is 6.49. The number of hydrogen-bond acceptors (Lipinski definition) is 3. The van der Waals surface area contributed by atoms with Gasteiger partial charge >= 0.3 is 0 Å². The maximum Gasteiger partial charge on any atom is 0.0113 e. The van der Waals surface area contributed by atoms with E-state index >= 15 is 0 Å². The summed E-state index contributed by atoms with van der Waals surface area (Å²) in [6.45, 7) is 23.3. The zero-order chi connectivity index (χ0) is 15.4. The summed E-state index contributed by atoms with van der Waals surface area (Å²) in [5, 5.41) is 3.65. The van der Waals surface area contributed by atoms with Gasteiger partial charge in [-0.15, -0.1) is 0 Å². The van der Waals surface area contributed by atoms with Gasteiger partial charge in [0.25, 0.3) is 0 Å². The smallest absolute Gasteiger partial charge is 0.0113 e. The monoisotopic (exact) mass is 283 g/mol. The van der Waals surface area contributed by atoms with Crippen LogP contribution in [0.15, 0.2) is 0 Å². The van der Waals surface area contributed by atoms with Gasteiger partial charge in [-0.2, -0.15) is 0 Å². The highest BCUT2D eigenvalue weighted by Crippen LogP contribution is 2.19. The first kappa shape index (κ1) is 17.9. The average Bonchev–Trinajstić information content (AvgIpc) is 2.35. The summed E-state index contributed by atoms with van der Waals surface area (Å²) >= 11 is 0. The van der Waals surface area contributed by atoms with E-state index in [4.69, 9.17) is 0 Å². The van der Waals surface area contributed by atoms with Gasteiger partial charge in [-0.1, -0.05) is 20.8 Å². The van der Waals surface area contributed by atoms with Gasteiger partial charge in [-0.25, -0.2) is 0 Å². The second-order valence-electron chi connectivity index (χ2n) is 8.34. The van der Waals surface area contributed by atoms with E-state index in [1.54, 1.807) is 0 Å². The van der Waals surface area contributed by atoms with E-state index in [-0.39, 0.29) is 5.54 Å². The van der Waals surface area contributed by atoms with Crippen LogP contribution in [-0.4, -0.2) is 60.6 Å². The molecule has 1 fully saturated rings. The number of rotatable bonds is 6. The van der Waals surface area contributed by atoms with Crippen molar-refractivity contribution in [3.63, 3.8) is 0 Å². The van der Waals surface area contributed by atoms with Crippen LogP contribution in [0.3, 0.4) is 0 Å². The van der Waals surface area contributed by atoms with Gasteiger partial charge in [0.05, 0.1) is 0 Å². The third-order valence-electron chi connectivity index (χ3n) is 4.37. The second kappa shape index (κ2) is 7.24. The van der Waals surface area contributed by atoms with Gasteiger partial charge in [0.15, 0.2) is 0 Å². The zero-order valence-electron chi connectivity index (χ0n) is 14.9. The Morgan fingerprint density at radius 3 is 2.00 bits per heavy atom. The molecule has 1 rings (SSSR count). The van der Waals surface area contributed by atoms with Gasteiger partial charge in [0, 0.05) is 50.8 Å². The van der Waals surface area contributed by atoms with Gasteiger partial charge in [-0.05, 0) is 39.5 Å². The first-order valence-electron chi connectivity index (χ1n) is 8.34. The van der Waals surface area contributed by atoms with E-state index in [0.717, 1.165) is 12.6 Å². The van der Waals surface area contributed by atoms with E-state index in [1.807, 2.05) is 0 Å². The van der Waals surface area contributed by atoms with E-state index in [2.05, 4.69) is 63.6 Å². The Hall–Kier alpha value is -0.120. The summed E-state index contributed by atoms with van der Waals surface area (Å²) in [4.78, 5) is 5.28. The molecule has 1 atom stereocenters. The summed E-state index contributed by atoms with van der Waals surface area (Å²) < 4.78 is 0. The molecule has 3 heteroatoms. The van der Waals surface area contributed by atoms with Crippen molar-refractivity contribution >= 4 is 0 Å². The van der Waals surface area contributed by atoms with Crippen molar-refractivity contribution < 1.29 is 0 Å². The topological polar surface area (TPSA) is 18.5 Å². The molecule has 1 aliphatic heterocycles. The molecule has 1 saturated heterocycles. The molecule has 0 bridgehead atoms. The van der Waals surface area contributed by atoms with Gasteiger partial charge in [-0.3, -0.25) is 4.90 Å². The van der Waals surface area contributed by atoms with Crippen LogP contribution in [0.1, 0.15) is 54.9 Å². The van der Waals surface area contributed by atoms with Crippen LogP contribution in [0, 0.1) is 5.41 Å². The van der Waals surface area contributed by atoms with Crippen molar-refractivity contribution in [2.75, 3.05) is 39.3 Å². The van der Waals surface area contributed by atoms with Crippen molar-refractivity contribution in [3.05, 3.63) is 0 Å². The van der Waals surface area contributed by atoms with E-state index in [9.17, 15) is 0 Å². The van der Waals surface area contributed by atoms with Crippen LogP contribution in [0.4, 0.5) is 0 Å². The molecule has 0 spiro atoms. The summed E-state index contributed by atoms with van der Waals surface area (Å²) in [5.74, 6) is 0. The lowest BCUT2D eigenvalue weighted by atomic mass is 9.91. The molecule has 1 unspecified atom stereocenters. The van der Waals surface area contributed by atoms with Gasteiger partial charge < -0.3 is 10.2 Å². The van der Waals surface area contributed by atoms with Gasteiger partial charge in [0.2, 0.25) is 0 Å². The third kappa shape index (κ3) is 6.55. The fraction of sp³-hybridized carbons (Fsp3) is 1.00. The molecule has 20 heavy (non-hydrogen) atoms. The maximum atomic E-state index is 3.65. The van der Waals surface area contributed by atoms with E-state index < -0.39 is 0 Å². The van der Waals surface area contributed by atoms with Crippen LogP contribution in [0.2, 0.25) is 0 Å². The first-order chi connectivity index (χ1) is 9.13. The molecule has 120 valence electrons. The van der Waals surface area contributed by atoms with Crippen LogP contribution in [-0.2, 0) is 0 Å². The SMILES string of the molecule is CCC(C)N1CCN(CC(C)(C)CNC(C)(C)C)CC1. The Labute approximate surface area is 127 Å². The molecule has 1 aliphatic rings. The van der Waals surface area contributed by atoms with Crippen LogP contribution < -0.4 is 5.32 Å². The average molecular weight is 284 g/mol. The number of nitrogens with zero attached hydrogens (tertiary/aromatic N) is 2. The molecule has 0 radical (unpaired) electrons. The molecular formula is C17H37N3. The highest BCUT2D eigenvalue weighted by molar-refractivity contribution is 4.83. The fourth-order valence-electron chi connectivity index (χ4n) is 2.79. The number of piperazine rings is 1. The summed E-state index contributed by atoms with van der Waals surface area (Å²) in [6.07, 6.45) is 1.26. The number of nitrogens with one attached hydrogen (secondary N) is 1. The molecule has 0 aromatic heterocycles. The van der Waals surface area contributed by atoms with Crippen LogP contribution in [0.25, 0.3) is 0 Å². The predicted molar refractivity (Wildman–Crippen MR) is 89.3 cm³/mol. The van der Waals surface area contributed by atoms with E-state index in [0.29, 0.717) is 5.41 Å². The molecule has 1 N–H and O–H groups in total. The van der Waals surface area contributed by atoms with Crippen LogP contribution >= 0.6 is 0 Å². The van der Waals surface area contributed by atoms with Crippen molar-refractivity contribution in [1.29, 1.82) is 0 Å². The molecular weight excluding hydrogens is 246 g/mol. The summed E-state index contributed by atoms with van der Waals surface area (Å²) in [7, 11) is 0. The fourth-order valence-corrected chi connectivity index (χ4v) is 2.79. The van der Waals surface area contributed by atoms with Crippen molar-refractivity contribution in [1.82, 2.24) is 15.1 Å². The maximum absolute atomic E-state index is 3.65. The lowest BCUT2D eigenvalue weighted by Gasteiger charge is -2.41. The van der Waals surface area contributed by atoms with Crippen molar-refractivity contribution in [2.24, 2.45) is 5.41 Å². The molecule has 0 saturated carbocycles. The normalized spacial score (nSPS) is 21.1. The van der Waals surface area contributed by atoms with Crippen LogP contribution in [0.5, 0.6) is 0 Å². The standard InChI is InChI=1S/C17H37N3/c1-8-15(2)20-11-9-19(10-12-20)14-17(6,7)13-18-16(3,4)5/h15,18H,8-14H2,1-7H3. The minimum atomic E-state index is 0.215. The first-order valence-corrected chi connectivity index (χ1v) is 8.34. The molecule has 0 aliphatic carbocycles. The lowest BCUT2D eigenvalue weighted by molar-refractivity contribution is 0.0731. The van der Waals surface area contributed by atoms with Crippen molar-refractivity contribution in [3.8, 4) is 0 Å². The molecule has 0 amide bonds. The Morgan fingerprint density at radius 2 is 1.55 bits per heavy atom. The zero-order valence-corrected chi connectivity index (χ0v) is 14.9. The third-order valence-corrected chi connectivity index (χ3v) is 4.37. The number of hydrogen-bond donors (Lipinski definition) is 1. The molecule has 0 aromatic rings. The summed E-state index contributed by atoms with van der Waals surface area (Å²) in [5.41, 5.74) is 0.554. The molecule has 3 nitrogen and oxygen atoms in total. The predicted octanol–water partition coefficient (Wildman–Crippen LogP) is 2.82. The highest BCUT2D eigenvalue weighted by Gasteiger charge is 2.27. The highest BCUT2D eigenvalue weighted by atomic mass is 15.3. The minimum absolute atomic E-state index is 0.215. The van der Waals surface area contributed by atoms with E-state index in [1.165, 1.54) is 39.1 Å². The summed E-state index contributed by atoms with van der Waals surface area (Å²) in [6, 6.07) is 0.743. The molecule has 0 aromatic carbocycles.